The first-order chi connectivity index (χ1) is 10.5. The van der Waals surface area contributed by atoms with Gasteiger partial charge in [-0.2, -0.15) is 0 Å². The third-order valence-corrected chi connectivity index (χ3v) is 3.68. The van der Waals surface area contributed by atoms with Gasteiger partial charge in [0.15, 0.2) is 12.6 Å². The molecule has 1 fully saturated rings. The van der Waals surface area contributed by atoms with Crippen LogP contribution in [-0.2, 0) is 11.3 Å². The molecule has 1 heterocycles. The fraction of sp³-hybridized carbons (Fsp3) is 0.500. The summed E-state index contributed by atoms with van der Waals surface area (Å²) in [7, 11) is 0. The maximum atomic E-state index is 10.7. The van der Waals surface area contributed by atoms with Gasteiger partial charge in [-0.05, 0) is 36.5 Å². The molecule has 2 rings (SSSR count). The SMILES string of the molecule is CC1CCCN(C(N)=NCc2cccc(OCC(N)=O)c2)C1. The number of carbonyl (C=O) groups excluding carboxylic acids is 1. The van der Waals surface area contributed by atoms with E-state index in [-0.39, 0.29) is 6.61 Å². The Bertz CT molecular complexity index is 545. The highest BCUT2D eigenvalue weighted by atomic mass is 16.5. The molecule has 1 aromatic rings. The van der Waals surface area contributed by atoms with E-state index in [0.29, 0.717) is 24.2 Å². The molecule has 1 atom stereocenters. The van der Waals surface area contributed by atoms with Gasteiger partial charge in [0, 0.05) is 13.1 Å². The quantitative estimate of drug-likeness (QED) is 0.629. The zero-order chi connectivity index (χ0) is 15.9. The standard InChI is InChI=1S/C16H24N4O2/c1-12-4-3-7-20(10-12)16(18)19-9-13-5-2-6-14(8-13)22-11-15(17)21/h2,5-6,8,12H,3-4,7,9-11H2,1H3,(H2,17,21)(H2,18,19). The van der Waals surface area contributed by atoms with Gasteiger partial charge in [0.1, 0.15) is 5.75 Å². The first kappa shape index (κ1) is 16.1. The Morgan fingerprint density at radius 3 is 3.00 bits per heavy atom. The van der Waals surface area contributed by atoms with Crippen molar-refractivity contribution < 1.29 is 9.53 Å². The second-order valence-electron chi connectivity index (χ2n) is 5.77. The molecule has 1 unspecified atom stereocenters. The van der Waals surface area contributed by atoms with Gasteiger partial charge in [-0.1, -0.05) is 19.1 Å². The topological polar surface area (TPSA) is 93.9 Å². The number of nitrogens with two attached hydrogens (primary N) is 2. The Balaban J connectivity index is 1.93. The fourth-order valence-corrected chi connectivity index (χ4v) is 2.56. The highest BCUT2D eigenvalue weighted by molar-refractivity contribution is 5.78. The molecule has 0 radical (unpaired) electrons. The number of amides is 1. The summed E-state index contributed by atoms with van der Waals surface area (Å²) in [4.78, 5) is 17.3. The van der Waals surface area contributed by atoms with Crippen LogP contribution in [0.4, 0.5) is 0 Å². The Morgan fingerprint density at radius 2 is 2.27 bits per heavy atom. The molecule has 22 heavy (non-hydrogen) atoms. The number of likely N-dealkylation sites (tertiary alicyclic amines) is 1. The number of aliphatic imine (C=N–C) groups is 1. The second-order valence-corrected chi connectivity index (χ2v) is 5.77. The summed E-state index contributed by atoms with van der Waals surface area (Å²) in [6.45, 7) is 4.54. The lowest BCUT2D eigenvalue weighted by Gasteiger charge is -2.31. The summed E-state index contributed by atoms with van der Waals surface area (Å²) < 4.78 is 5.28. The monoisotopic (exact) mass is 304 g/mol. The molecule has 6 nitrogen and oxygen atoms in total. The molecule has 0 aromatic heterocycles. The zero-order valence-corrected chi connectivity index (χ0v) is 13.0. The average molecular weight is 304 g/mol. The van der Waals surface area contributed by atoms with Crippen LogP contribution in [-0.4, -0.2) is 36.5 Å². The molecule has 1 aliphatic rings. The van der Waals surface area contributed by atoms with Gasteiger partial charge in [0.2, 0.25) is 0 Å². The first-order valence-corrected chi connectivity index (χ1v) is 7.59. The molecule has 0 spiro atoms. The molecule has 1 saturated heterocycles. The summed E-state index contributed by atoms with van der Waals surface area (Å²) in [5.74, 6) is 1.37. The van der Waals surface area contributed by atoms with Crippen molar-refractivity contribution >= 4 is 11.9 Å². The Hall–Kier alpha value is -2.24. The van der Waals surface area contributed by atoms with E-state index in [0.717, 1.165) is 25.1 Å². The maximum absolute atomic E-state index is 10.7. The summed E-state index contributed by atoms with van der Waals surface area (Å²) in [6.07, 6.45) is 2.41. The van der Waals surface area contributed by atoms with Gasteiger partial charge >= 0.3 is 0 Å². The van der Waals surface area contributed by atoms with Crippen LogP contribution in [0.15, 0.2) is 29.3 Å². The fourth-order valence-electron chi connectivity index (χ4n) is 2.56. The molecule has 0 bridgehead atoms. The van der Waals surface area contributed by atoms with E-state index in [9.17, 15) is 4.79 Å². The van der Waals surface area contributed by atoms with Gasteiger partial charge in [0.25, 0.3) is 5.91 Å². The van der Waals surface area contributed by atoms with Crippen LogP contribution in [0.3, 0.4) is 0 Å². The average Bonchev–Trinajstić information content (AvgIpc) is 2.51. The van der Waals surface area contributed by atoms with Crippen molar-refractivity contribution in [3.8, 4) is 5.75 Å². The van der Waals surface area contributed by atoms with Gasteiger partial charge in [-0.25, -0.2) is 4.99 Å². The predicted octanol–water partition coefficient (Wildman–Crippen LogP) is 1.10. The van der Waals surface area contributed by atoms with Crippen molar-refractivity contribution in [1.29, 1.82) is 0 Å². The number of primary amides is 1. The molecule has 6 heteroatoms. The van der Waals surface area contributed by atoms with E-state index in [4.69, 9.17) is 16.2 Å². The summed E-state index contributed by atoms with van der Waals surface area (Å²) >= 11 is 0. The highest BCUT2D eigenvalue weighted by Gasteiger charge is 2.17. The van der Waals surface area contributed by atoms with Crippen molar-refractivity contribution in [3.05, 3.63) is 29.8 Å². The molecule has 1 aromatic carbocycles. The lowest BCUT2D eigenvalue weighted by atomic mass is 10.0. The Morgan fingerprint density at radius 1 is 1.45 bits per heavy atom. The van der Waals surface area contributed by atoms with Crippen LogP contribution >= 0.6 is 0 Å². The van der Waals surface area contributed by atoms with Crippen LogP contribution in [0.5, 0.6) is 5.75 Å². The van der Waals surface area contributed by atoms with Gasteiger partial charge < -0.3 is 21.1 Å². The van der Waals surface area contributed by atoms with Crippen LogP contribution < -0.4 is 16.2 Å². The molecular weight excluding hydrogens is 280 g/mol. The largest absolute Gasteiger partial charge is 0.484 e. The normalized spacial score (nSPS) is 19.0. The number of guanidine groups is 1. The number of benzene rings is 1. The van der Waals surface area contributed by atoms with Crippen LogP contribution in [0.2, 0.25) is 0 Å². The van der Waals surface area contributed by atoms with Gasteiger partial charge in [-0.15, -0.1) is 0 Å². The smallest absolute Gasteiger partial charge is 0.255 e. The molecular formula is C16H24N4O2. The molecule has 120 valence electrons. The molecule has 0 aliphatic carbocycles. The van der Waals surface area contributed by atoms with E-state index in [1.807, 2.05) is 18.2 Å². The number of nitrogens with zero attached hydrogens (tertiary/aromatic N) is 2. The van der Waals surface area contributed by atoms with E-state index < -0.39 is 5.91 Å². The van der Waals surface area contributed by atoms with E-state index in [1.54, 1.807) is 6.07 Å². The van der Waals surface area contributed by atoms with Crippen molar-refractivity contribution in [2.75, 3.05) is 19.7 Å². The third-order valence-electron chi connectivity index (χ3n) is 3.68. The Kier molecular flexibility index (Phi) is 5.63. The van der Waals surface area contributed by atoms with E-state index >= 15 is 0 Å². The predicted molar refractivity (Wildman–Crippen MR) is 86.4 cm³/mol. The zero-order valence-electron chi connectivity index (χ0n) is 13.0. The van der Waals surface area contributed by atoms with Crippen molar-refractivity contribution in [2.24, 2.45) is 22.4 Å². The lowest BCUT2D eigenvalue weighted by molar-refractivity contribution is -0.119. The number of carbonyl (C=O) groups is 1. The van der Waals surface area contributed by atoms with Crippen LogP contribution in [0.1, 0.15) is 25.3 Å². The minimum Gasteiger partial charge on any atom is -0.484 e. The number of piperidine rings is 1. The molecule has 0 saturated carbocycles. The molecule has 1 aliphatic heterocycles. The number of ether oxygens (including phenoxy) is 1. The Labute approximate surface area is 131 Å². The molecule has 1 amide bonds. The second kappa shape index (κ2) is 7.68. The van der Waals surface area contributed by atoms with Crippen LogP contribution in [0.25, 0.3) is 0 Å². The van der Waals surface area contributed by atoms with Crippen molar-refractivity contribution in [2.45, 2.75) is 26.3 Å². The van der Waals surface area contributed by atoms with Gasteiger partial charge in [0.05, 0.1) is 6.54 Å². The highest BCUT2D eigenvalue weighted by Crippen LogP contribution is 2.16. The first-order valence-electron chi connectivity index (χ1n) is 7.59. The van der Waals surface area contributed by atoms with Crippen molar-refractivity contribution in [3.63, 3.8) is 0 Å². The lowest BCUT2D eigenvalue weighted by Crippen LogP contribution is -2.43. The number of rotatable bonds is 5. The number of hydrogen-bond donors (Lipinski definition) is 2. The van der Waals surface area contributed by atoms with E-state index in [1.165, 1.54) is 6.42 Å². The van der Waals surface area contributed by atoms with Gasteiger partial charge in [-0.3, -0.25) is 4.79 Å². The van der Waals surface area contributed by atoms with E-state index in [2.05, 4.69) is 16.8 Å². The minimum atomic E-state index is -0.494. The minimum absolute atomic E-state index is 0.124. The summed E-state index contributed by atoms with van der Waals surface area (Å²) in [6, 6.07) is 7.44. The molecule has 4 N–H and O–H groups in total. The summed E-state index contributed by atoms with van der Waals surface area (Å²) in [5.41, 5.74) is 12.1. The summed E-state index contributed by atoms with van der Waals surface area (Å²) in [5, 5.41) is 0. The maximum Gasteiger partial charge on any atom is 0.255 e. The van der Waals surface area contributed by atoms with Crippen LogP contribution in [0, 0.1) is 5.92 Å². The van der Waals surface area contributed by atoms with Crippen molar-refractivity contribution in [1.82, 2.24) is 4.90 Å². The third kappa shape index (κ3) is 4.95. The number of hydrogen-bond acceptors (Lipinski definition) is 3.